The highest BCUT2D eigenvalue weighted by Gasteiger charge is 2.25. The SMILES string of the molecule is CN(C)CCC(F)(F)CN. The van der Waals surface area contributed by atoms with Crippen LogP contribution in [-0.2, 0) is 0 Å². The van der Waals surface area contributed by atoms with E-state index in [4.69, 9.17) is 5.73 Å². The molecule has 0 fully saturated rings. The minimum atomic E-state index is -2.69. The number of hydrogen-bond acceptors (Lipinski definition) is 2. The van der Waals surface area contributed by atoms with Crippen LogP contribution in [0.25, 0.3) is 0 Å². The molecule has 0 aromatic carbocycles. The molecule has 0 radical (unpaired) electrons. The summed E-state index contributed by atoms with van der Waals surface area (Å²) in [5.74, 6) is -2.69. The summed E-state index contributed by atoms with van der Waals surface area (Å²) in [6, 6.07) is 0. The number of halogens is 2. The molecule has 0 saturated heterocycles. The van der Waals surface area contributed by atoms with Gasteiger partial charge in [-0.15, -0.1) is 0 Å². The second-order valence-corrected chi connectivity index (χ2v) is 2.61. The van der Waals surface area contributed by atoms with E-state index in [9.17, 15) is 8.78 Å². The van der Waals surface area contributed by atoms with Crippen LogP contribution < -0.4 is 5.73 Å². The van der Waals surface area contributed by atoms with Gasteiger partial charge in [-0.05, 0) is 14.1 Å². The van der Waals surface area contributed by atoms with Crippen LogP contribution >= 0.6 is 0 Å². The van der Waals surface area contributed by atoms with Gasteiger partial charge in [0.25, 0.3) is 5.92 Å². The third-order valence-electron chi connectivity index (χ3n) is 1.22. The van der Waals surface area contributed by atoms with Gasteiger partial charge < -0.3 is 10.6 Å². The molecule has 0 aromatic rings. The fourth-order valence-electron chi connectivity index (χ4n) is 0.489. The van der Waals surface area contributed by atoms with Gasteiger partial charge in [-0.2, -0.15) is 0 Å². The summed E-state index contributed by atoms with van der Waals surface area (Å²) >= 11 is 0. The lowest BCUT2D eigenvalue weighted by molar-refractivity contribution is -0.00348. The number of alkyl halides is 2. The van der Waals surface area contributed by atoms with Gasteiger partial charge in [0.15, 0.2) is 0 Å². The first kappa shape index (κ1) is 9.78. The second kappa shape index (κ2) is 3.83. The second-order valence-electron chi connectivity index (χ2n) is 2.61. The highest BCUT2D eigenvalue weighted by Crippen LogP contribution is 2.15. The minimum Gasteiger partial charge on any atom is -0.325 e. The van der Waals surface area contributed by atoms with Crippen molar-refractivity contribution in [3.8, 4) is 0 Å². The Bertz CT molecular complexity index is 93.7. The topological polar surface area (TPSA) is 29.3 Å². The number of hydrogen-bond donors (Lipinski definition) is 1. The van der Waals surface area contributed by atoms with Gasteiger partial charge in [-0.1, -0.05) is 0 Å². The smallest absolute Gasteiger partial charge is 0.261 e. The van der Waals surface area contributed by atoms with E-state index < -0.39 is 12.5 Å². The molecule has 0 heterocycles. The van der Waals surface area contributed by atoms with E-state index in [-0.39, 0.29) is 6.42 Å². The molecule has 0 rings (SSSR count). The van der Waals surface area contributed by atoms with Gasteiger partial charge in [0, 0.05) is 13.0 Å². The largest absolute Gasteiger partial charge is 0.325 e. The molecular formula is C6H14F2N2. The fourth-order valence-corrected chi connectivity index (χ4v) is 0.489. The Kier molecular flexibility index (Phi) is 3.75. The monoisotopic (exact) mass is 152 g/mol. The van der Waals surface area contributed by atoms with E-state index in [1.165, 1.54) is 0 Å². The van der Waals surface area contributed by atoms with Crippen molar-refractivity contribution >= 4 is 0 Å². The zero-order chi connectivity index (χ0) is 8.20. The normalized spacial score (nSPS) is 12.6. The van der Waals surface area contributed by atoms with Crippen LogP contribution in [0.3, 0.4) is 0 Å². The van der Waals surface area contributed by atoms with Crippen molar-refractivity contribution < 1.29 is 8.78 Å². The average Bonchev–Trinajstić information content (AvgIpc) is 1.85. The van der Waals surface area contributed by atoms with Crippen molar-refractivity contribution in [3.63, 3.8) is 0 Å². The fraction of sp³-hybridized carbons (Fsp3) is 1.00. The number of nitrogens with zero attached hydrogens (tertiary/aromatic N) is 1. The molecule has 2 nitrogen and oxygen atoms in total. The molecular weight excluding hydrogens is 138 g/mol. The predicted octanol–water partition coefficient (Wildman–Crippen LogP) is 0.532. The first-order valence-corrected chi connectivity index (χ1v) is 3.20. The van der Waals surface area contributed by atoms with Crippen molar-refractivity contribution in [3.05, 3.63) is 0 Å². The van der Waals surface area contributed by atoms with Crippen LogP contribution in [0.5, 0.6) is 0 Å². The van der Waals surface area contributed by atoms with Crippen LogP contribution in [0.2, 0.25) is 0 Å². The third-order valence-corrected chi connectivity index (χ3v) is 1.22. The molecule has 2 N–H and O–H groups in total. The van der Waals surface area contributed by atoms with E-state index in [2.05, 4.69) is 0 Å². The van der Waals surface area contributed by atoms with Gasteiger partial charge >= 0.3 is 0 Å². The maximum Gasteiger partial charge on any atom is 0.261 e. The summed E-state index contributed by atoms with van der Waals surface area (Å²) in [6.45, 7) is -0.176. The van der Waals surface area contributed by atoms with Gasteiger partial charge in [-0.25, -0.2) is 8.78 Å². The summed E-state index contributed by atoms with van der Waals surface area (Å²) in [4.78, 5) is 1.71. The first-order chi connectivity index (χ1) is 4.48. The minimum absolute atomic E-state index is 0.156. The van der Waals surface area contributed by atoms with Gasteiger partial charge in [0.05, 0.1) is 6.54 Å². The molecule has 0 aromatic heterocycles. The number of nitrogens with two attached hydrogens (primary N) is 1. The summed E-state index contributed by atoms with van der Waals surface area (Å²) in [5.41, 5.74) is 4.82. The highest BCUT2D eigenvalue weighted by atomic mass is 19.3. The van der Waals surface area contributed by atoms with Gasteiger partial charge in [-0.3, -0.25) is 0 Å². The van der Waals surface area contributed by atoms with Gasteiger partial charge in [0.1, 0.15) is 0 Å². The van der Waals surface area contributed by atoms with Crippen LogP contribution in [-0.4, -0.2) is 38.0 Å². The lowest BCUT2D eigenvalue weighted by atomic mass is 10.2. The van der Waals surface area contributed by atoms with Crippen LogP contribution in [0, 0.1) is 0 Å². The zero-order valence-corrected chi connectivity index (χ0v) is 6.40. The zero-order valence-electron chi connectivity index (χ0n) is 6.40. The van der Waals surface area contributed by atoms with E-state index in [0.29, 0.717) is 6.54 Å². The molecule has 0 unspecified atom stereocenters. The Morgan fingerprint density at radius 3 is 2.20 bits per heavy atom. The molecule has 4 heteroatoms. The summed E-state index contributed by atoms with van der Waals surface area (Å²) < 4.78 is 24.7. The van der Waals surface area contributed by atoms with Crippen LogP contribution in [0.1, 0.15) is 6.42 Å². The standard InChI is InChI=1S/C6H14F2N2/c1-10(2)4-3-6(7,8)5-9/h3-5,9H2,1-2H3. The summed E-state index contributed by atoms with van der Waals surface area (Å²) in [5, 5.41) is 0. The Hall–Kier alpha value is -0.220. The van der Waals surface area contributed by atoms with E-state index >= 15 is 0 Å². The van der Waals surface area contributed by atoms with Crippen LogP contribution in [0.15, 0.2) is 0 Å². The molecule has 0 aliphatic heterocycles. The molecule has 0 atom stereocenters. The quantitative estimate of drug-likeness (QED) is 0.636. The summed E-state index contributed by atoms with van der Waals surface area (Å²) in [7, 11) is 3.51. The Morgan fingerprint density at radius 1 is 1.40 bits per heavy atom. The average molecular weight is 152 g/mol. The van der Waals surface area contributed by atoms with Crippen LogP contribution in [0.4, 0.5) is 8.78 Å². The van der Waals surface area contributed by atoms with Gasteiger partial charge in [0.2, 0.25) is 0 Å². The van der Waals surface area contributed by atoms with Crippen molar-refractivity contribution in [1.82, 2.24) is 4.90 Å². The molecule has 0 aliphatic rings. The van der Waals surface area contributed by atoms with E-state index in [0.717, 1.165) is 0 Å². The maximum atomic E-state index is 12.4. The van der Waals surface area contributed by atoms with E-state index in [1.54, 1.807) is 19.0 Å². The maximum absolute atomic E-state index is 12.4. The molecule has 0 saturated carbocycles. The number of rotatable bonds is 4. The molecule has 0 aliphatic carbocycles. The summed E-state index contributed by atoms with van der Waals surface area (Å²) in [6.07, 6.45) is -0.156. The lowest BCUT2D eigenvalue weighted by Crippen LogP contribution is -2.31. The molecule has 10 heavy (non-hydrogen) atoms. The van der Waals surface area contributed by atoms with Crippen molar-refractivity contribution in [2.75, 3.05) is 27.2 Å². The molecule has 0 spiro atoms. The Morgan fingerprint density at radius 2 is 1.90 bits per heavy atom. The molecule has 62 valence electrons. The lowest BCUT2D eigenvalue weighted by Gasteiger charge is -2.16. The Balaban J connectivity index is 3.46. The van der Waals surface area contributed by atoms with E-state index in [1.807, 2.05) is 0 Å². The van der Waals surface area contributed by atoms with Crippen molar-refractivity contribution in [1.29, 1.82) is 0 Å². The Labute approximate surface area is 60.0 Å². The molecule has 0 bridgehead atoms. The highest BCUT2D eigenvalue weighted by molar-refractivity contribution is 4.67. The molecule has 0 amide bonds. The first-order valence-electron chi connectivity index (χ1n) is 3.20. The van der Waals surface area contributed by atoms with Crippen molar-refractivity contribution in [2.24, 2.45) is 5.73 Å². The third kappa shape index (κ3) is 4.64. The van der Waals surface area contributed by atoms with Crippen molar-refractivity contribution in [2.45, 2.75) is 12.3 Å². The predicted molar refractivity (Wildman–Crippen MR) is 37.2 cm³/mol.